The first-order chi connectivity index (χ1) is 8.47. The van der Waals surface area contributed by atoms with Crippen molar-refractivity contribution in [1.29, 1.82) is 0 Å². The number of hydrogen-bond acceptors (Lipinski definition) is 3. The average Bonchev–Trinajstić information content (AvgIpc) is 2.28. The minimum absolute atomic E-state index is 0.144. The Bertz CT molecular complexity index is 491. The van der Waals surface area contributed by atoms with Gasteiger partial charge in [-0.25, -0.2) is 13.1 Å². The standard InChI is InChI=1S/C11H15Br2NO3S/c12-9-4-5-11(10(13)8-9)18(16,17)14-6-2-1-3-7-15/h4-5,8,14-15H,1-3,6-7H2. The van der Waals surface area contributed by atoms with E-state index in [-0.39, 0.29) is 11.5 Å². The maximum absolute atomic E-state index is 12.0. The second-order valence-corrected chi connectivity index (χ2v) is 7.26. The number of sulfonamides is 1. The maximum Gasteiger partial charge on any atom is 0.241 e. The predicted molar refractivity (Wildman–Crippen MR) is 78.0 cm³/mol. The molecule has 0 saturated carbocycles. The van der Waals surface area contributed by atoms with Crippen molar-refractivity contribution in [3.63, 3.8) is 0 Å². The van der Waals surface area contributed by atoms with Gasteiger partial charge in [-0.15, -0.1) is 0 Å². The van der Waals surface area contributed by atoms with Crippen molar-refractivity contribution >= 4 is 41.9 Å². The van der Waals surface area contributed by atoms with Crippen molar-refractivity contribution in [2.75, 3.05) is 13.2 Å². The van der Waals surface area contributed by atoms with Gasteiger partial charge in [-0.2, -0.15) is 0 Å². The molecule has 0 aliphatic rings. The van der Waals surface area contributed by atoms with Gasteiger partial charge in [0.15, 0.2) is 0 Å². The molecular weight excluding hydrogens is 386 g/mol. The summed E-state index contributed by atoms with van der Waals surface area (Å²) >= 11 is 6.51. The molecule has 0 heterocycles. The molecule has 1 rings (SSSR count). The topological polar surface area (TPSA) is 66.4 Å². The Balaban J connectivity index is 2.63. The van der Waals surface area contributed by atoms with Crippen LogP contribution in [0.25, 0.3) is 0 Å². The van der Waals surface area contributed by atoms with Crippen LogP contribution in [0.1, 0.15) is 19.3 Å². The lowest BCUT2D eigenvalue weighted by atomic mass is 10.2. The van der Waals surface area contributed by atoms with E-state index in [0.717, 1.165) is 10.9 Å². The monoisotopic (exact) mass is 399 g/mol. The van der Waals surface area contributed by atoms with Crippen LogP contribution in [0.15, 0.2) is 32.0 Å². The van der Waals surface area contributed by atoms with Gasteiger partial charge < -0.3 is 5.11 Å². The van der Waals surface area contributed by atoms with Gasteiger partial charge in [-0.3, -0.25) is 0 Å². The van der Waals surface area contributed by atoms with Crippen LogP contribution < -0.4 is 4.72 Å². The van der Waals surface area contributed by atoms with Gasteiger partial charge in [0, 0.05) is 22.1 Å². The van der Waals surface area contributed by atoms with Crippen LogP contribution in [0.5, 0.6) is 0 Å². The Morgan fingerprint density at radius 3 is 2.50 bits per heavy atom. The van der Waals surface area contributed by atoms with Crippen molar-refractivity contribution in [2.24, 2.45) is 0 Å². The molecule has 0 aliphatic heterocycles. The van der Waals surface area contributed by atoms with E-state index in [1.165, 1.54) is 0 Å². The zero-order chi connectivity index (χ0) is 13.6. The molecule has 0 aliphatic carbocycles. The van der Waals surface area contributed by atoms with Gasteiger partial charge in [0.05, 0.1) is 4.90 Å². The molecule has 0 radical (unpaired) electrons. The van der Waals surface area contributed by atoms with Crippen molar-refractivity contribution < 1.29 is 13.5 Å². The predicted octanol–water partition coefficient (Wildman–Crippen LogP) is 2.65. The van der Waals surface area contributed by atoms with Crippen LogP contribution >= 0.6 is 31.9 Å². The summed E-state index contributed by atoms with van der Waals surface area (Å²) < 4.78 is 27.9. The molecule has 0 atom stereocenters. The number of hydrogen-bond donors (Lipinski definition) is 2. The Labute approximate surface area is 124 Å². The van der Waals surface area contributed by atoms with E-state index in [9.17, 15) is 8.42 Å². The lowest BCUT2D eigenvalue weighted by Gasteiger charge is -2.08. The van der Waals surface area contributed by atoms with Gasteiger partial charge in [0.25, 0.3) is 0 Å². The first-order valence-electron chi connectivity index (χ1n) is 5.53. The molecule has 102 valence electrons. The molecule has 0 amide bonds. The van der Waals surface area contributed by atoms with E-state index in [4.69, 9.17) is 5.11 Å². The molecule has 1 aromatic rings. The van der Waals surface area contributed by atoms with Crippen molar-refractivity contribution in [2.45, 2.75) is 24.2 Å². The van der Waals surface area contributed by atoms with Gasteiger partial charge in [-0.1, -0.05) is 15.9 Å². The molecule has 0 spiro atoms. The summed E-state index contributed by atoms with van der Waals surface area (Å²) in [7, 11) is -3.48. The smallest absolute Gasteiger partial charge is 0.241 e. The van der Waals surface area contributed by atoms with Gasteiger partial charge >= 0.3 is 0 Å². The van der Waals surface area contributed by atoms with E-state index in [0.29, 0.717) is 23.9 Å². The van der Waals surface area contributed by atoms with E-state index in [1.54, 1.807) is 18.2 Å². The van der Waals surface area contributed by atoms with Crippen LogP contribution in [0.2, 0.25) is 0 Å². The Morgan fingerprint density at radius 2 is 1.89 bits per heavy atom. The summed E-state index contributed by atoms with van der Waals surface area (Å²) in [6.07, 6.45) is 2.22. The number of benzene rings is 1. The van der Waals surface area contributed by atoms with Crippen molar-refractivity contribution in [3.8, 4) is 0 Å². The number of aliphatic hydroxyl groups is 1. The van der Waals surface area contributed by atoms with E-state index < -0.39 is 10.0 Å². The number of nitrogens with one attached hydrogen (secondary N) is 1. The first kappa shape index (κ1) is 16.1. The van der Waals surface area contributed by atoms with Crippen LogP contribution in [0.3, 0.4) is 0 Å². The van der Waals surface area contributed by atoms with E-state index in [2.05, 4.69) is 36.6 Å². The second kappa shape index (κ2) is 7.59. The lowest BCUT2D eigenvalue weighted by molar-refractivity contribution is 0.283. The summed E-state index contributed by atoms with van der Waals surface area (Å²) in [6, 6.07) is 4.93. The number of aliphatic hydroxyl groups excluding tert-OH is 1. The van der Waals surface area contributed by atoms with E-state index >= 15 is 0 Å². The zero-order valence-corrected chi connectivity index (χ0v) is 13.7. The third-order valence-corrected chi connectivity index (χ3v) is 5.24. The van der Waals surface area contributed by atoms with Crippen LogP contribution in [0, 0.1) is 0 Å². The Kier molecular flexibility index (Phi) is 6.79. The summed E-state index contributed by atoms with van der Waals surface area (Å²) in [6.45, 7) is 0.524. The molecule has 0 fully saturated rings. The number of rotatable bonds is 7. The summed E-state index contributed by atoms with van der Waals surface area (Å²) in [4.78, 5) is 0.229. The van der Waals surface area contributed by atoms with Crippen molar-refractivity contribution in [1.82, 2.24) is 4.72 Å². The third kappa shape index (κ3) is 4.97. The zero-order valence-electron chi connectivity index (χ0n) is 9.70. The molecule has 1 aromatic carbocycles. The fraction of sp³-hybridized carbons (Fsp3) is 0.455. The minimum atomic E-state index is -3.48. The molecule has 7 heteroatoms. The summed E-state index contributed by atoms with van der Waals surface area (Å²) in [5.74, 6) is 0. The highest BCUT2D eigenvalue weighted by molar-refractivity contribution is 9.11. The van der Waals surface area contributed by atoms with Gasteiger partial charge in [-0.05, 0) is 53.4 Å². The highest BCUT2D eigenvalue weighted by Gasteiger charge is 2.16. The molecule has 0 unspecified atom stereocenters. The summed E-state index contributed by atoms with van der Waals surface area (Å²) in [5, 5.41) is 8.62. The largest absolute Gasteiger partial charge is 0.396 e. The lowest BCUT2D eigenvalue weighted by Crippen LogP contribution is -2.25. The number of halogens is 2. The third-order valence-electron chi connectivity index (χ3n) is 2.31. The molecule has 18 heavy (non-hydrogen) atoms. The highest BCUT2D eigenvalue weighted by atomic mass is 79.9. The van der Waals surface area contributed by atoms with Crippen LogP contribution in [-0.2, 0) is 10.0 Å². The fourth-order valence-electron chi connectivity index (χ4n) is 1.39. The van der Waals surface area contributed by atoms with E-state index in [1.807, 2.05) is 0 Å². The molecule has 0 bridgehead atoms. The number of unbranched alkanes of at least 4 members (excludes halogenated alkanes) is 2. The highest BCUT2D eigenvalue weighted by Crippen LogP contribution is 2.25. The maximum atomic E-state index is 12.0. The van der Waals surface area contributed by atoms with Gasteiger partial charge in [0.1, 0.15) is 0 Å². The molecule has 2 N–H and O–H groups in total. The first-order valence-corrected chi connectivity index (χ1v) is 8.60. The SMILES string of the molecule is O=S(=O)(NCCCCCO)c1ccc(Br)cc1Br. The van der Waals surface area contributed by atoms with Crippen LogP contribution in [0.4, 0.5) is 0 Å². The van der Waals surface area contributed by atoms with Gasteiger partial charge in [0.2, 0.25) is 10.0 Å². The molecule has 0 aromatic heterocycles. The van der Waals surface area contributed by atoms with Crippen molar-refractivity contribution in [3.05, 3.63) is 27.1 Å². The fourth-order valence-corrected chi connectivity index (χ4v) is 4.21. The minimum Gasteiger partial charge on any atom is -0.396 e. The van der Waals surface area contributed by atoms with Crippen LogP contribution in [-0.4, -0.2) is 26.7 Å². The molecular formula is C11H15Br2NO3S. The quantitative estimate of drug-likeness (QED) is 0.691. The Hall–Kier alpha value is 0.0500. The second-order valence-electron chi connectivity index (χ2n) is 3.76. The molecule has 0 saturated heterocycles. The average molecular weight is 401 g/mol. The normalized spacial score (nSPS) is 11.7. The Morgan fingerprint density at radius 1 is 1.17 bits per heavy atom. The molecule has 4 nitrogen and oxygen atoms in total. The summed E-state index contributed by atoms with van der Waals surface area (Å²) in [5.41, 5.74) is 0.